The van der Waals surface area contributed by atoms with E-state index in [2.05, 4.69) is 4.98 Å². The molecule has 19 heavy (non-hydrogen) atoms. The highest BCUT2D eigenvalue weighted by Crippen LogP contribution is 2.21. The number of hydrogen-bond donors (Lipinski definition) is 1. The maximum Gasteiger partial charge on any atom is 0.257 e. The molecule has 0 saturated heterocycles. The molecule has 0 aliphatic carbocycles. The molecule has 1 amide bonds. The highest BCUT2D eigenvalue weighted by molar-refractivity contribution is 5.92. The van der Waals surface area contributed by atoms with Gasteiger partial charge in [0.25, 0.3) is 5.91 Å². The Bertz CT molecular complexity index is 650. The fraction of sp³-hybridized carbons (Fsp3) is 0.0714. The van der Waals surface area contributed by atoms with Crippen molar-refractivity contribution in [2.24, 2.45) is 7.05 Å². The molecule has 0 aliphatic heterocycles. The van der Waals surface area contributed by atoms with Gasteiger partial charge in [-0.25, -0.2) is 0 Å². The summed E-state index contributed by atoms with van der Waals surface area (Å²) in [6.45, 7) is 0. The van der Waals surface area contributed by atoms with E-state index >= 15 is 0 Å². The predicted octanol–water partition coefficient (Wildman–Crippen LogP) is 1.70. The molecule has 0 radical (unpaired) electrons. The van der Waals surface area contributed by atoms with Crippen LogP contribution in [0, 0.1) is 11.5 Å². The second-order valence-electron chi connectivity index (χ2n) is 3.93. The molecule has 0 unspecified atom stereocenters. The highest BCUT2D eigenvalue weighted by Gasteiger charge is 2.03. The van der Waals surface area contributed by atoms with Crippen molar-refractivity contribution in [2.45, 2.75) is 0 Å². The SMILES string of the molecule is Cn1cc(-c2ccncc2)cc1/C=C/C(=O)NC#N. The largest absolute Gasteiger partial charge is 0.350 e. The molecular formula is C14H12N4O. The Kier molecular flexibility index (Phi) is 3.74. The fourth-order valence-electron chi connectivity index (χ4n) is 1.71. The van der Waals surface area contributed by atoms with E-state index in [1.54, 1.807) is 24.7 Å². The fourth-order valence-corrected chi connectivity index (χ4v) is 1.71. The Morgan fingerprint density at radius 3 is 2.84 bits per heavy atom. The maximum atomic E-state index is 11.2. The quantitative estimate of drug-likeness (QED) is 0.513. The first-order chi connectivity index (χ1) is 9.20. The second kappa shape index (κ2) is 5.65. The van der Waals surface area contributed by atoms with E-state index in [-0.39, 0.29) is 0 Å². The molecule has 0 aliphatic rings. The summed E-state index contributed by atoms with van der Waals surface area (Å²) in [5, 5.41) is 10.4. The van der Waals surface area contributed by atoms with Crippen LogP contribution in [0.4, 0.5) is 0 Å². The van der Waals surface area contributed by atoms with Gasteiger partial charge in [-0.3, -0.25) is 15.1 Å². The average Bonchev–Trinajstić information content (AvgIpc) is 2.79. The van der Waals surface area contributed by atoms with E-state index in [1.807, 2.05) is 41.3 Å². The molecule has 0 bridgehead atoms. The van der Waals surface area contributed by atoms with Gasteiger partial charge in [0, 0.05) is 43.0 Å². The third-order valence-corrected chi connectivity index (χ3v) is 2.64. The van der Waals surface area contributed by atoms with Crippen LogP contribution in [0.5, 0.6) is 0 Å². The van der Waals surface area contributed by atoms with Crippen LogP contribution < -0.4 is 5.32 Å². The summed E-state index contributed by atoms with van der Waals surface area (Å²) in [5.74, 6) is -0.436. The van der Waals surface area contributed by atoms with Gasteiger partial charge in [0.15, 0.2) is 6.19 Å². The third-order valence-electron chi connectivity index (χ3n) is 2.64. The highest BCUT2D eigenvalue weighted by atomic mass is 16.1. The summed E-state index contributed by atoms with van der Waals surface area (Å²) in [6, 6.07) is 5.81. The predicted molar refractivity (Wildman–Crippen MR) is 71.4 cm³/mol. The van der Waals surface area contributed by atoms with Gasteiger partial charge in [-0.05, 0) is 29.8 Å². The molecule has 2 aromatic rings. The number of pyridine rings is 1. The van der Waals surface area contributed by atoms with Gasteiger partial charge < -0.3 is 4.57 Å². The molecule has 1 N–H and O–H groups in total. The number of aryl methyl sites for hydroxylation is 1. The van der Waals surface area contributed by atoms with Gasteiger partial charge in [-0.2, -0.15) is 5.26 Å². The minimum Gasteiger partial charge on any atom is -0.350 e. The molecule has 0 fully saturated rings. The van der Waals surface area contributed by atoms with Crippen molar-refractivity contribution in [3.05, 3.63) is 48.6 Å². The lowest BCUT2D eigenvalue weighted by Gasteiger charge is -1.94. The van der Waals surface area contributed by atoms with Crippen molar-refractivity contribution in [3.8, 4) is 17.3 Å². The second-order valence-corrected chi connectivity index (χ2v) is 3.93. The minimum absolute atomic E-state index is 0.436. The van der Waals surface area contributed by atoms with Gasteiger partial charge in [-0.15, -0.1) is 0 Å². The molecule has 2 rings (SSSR count). The number of rotatable bonds is 3. The van der Waals surface area contributed by atoms with Crippen LogP contribution in [0.15, 0.2) is 42.9 Å². The Morgan fingerprint density at radius 1 is 1.42 bits per heavy atom. The van der Waals surface area contributed by atoms with Crippen LogP contribution >= 0.6 is 0 Å². The lowest BCUT2D eigenvalue weighted by atomic mass is 10.1. The van der Waals surface area contributed by atoms with Crippen molar-refractivity contribution in [1.82, 2.24) is 14.9 Å². The summed E-state index contributed by atoms with van der Waals surface area (Å²) in [4.78, 5) is 15.1. The van der Waals surface area contributed by atoms with Crippen LogP contribution in [0.25, 0.3) is 17.2 Å². The molecule has 2 heterocycles. The number of carbonyl (C=O) groups is 1. The number of nitrogens with zero attached hydrogens (tertiary/aromatic N) is 3. The van der Waals surface area contributed by atoms with Crippen LogP contribution in [-0.2, 0) is 11.8 Å². The van der Waals surface area contributed by atoms with E-state index in [0.29, 0.717) is 0 Å². The Morgan fingerprint density at radius 2 is 2.16 bits per heavy atom. The zero-order chi connectivity index (χ0) is 13.7. The molecule has 5 nitrogen and oxygen atoms in total. The number of carbonyl (C=O) groups excluding carboxylic acids is 1. The van der Waals surface area contributed by atoms with E-state index in [9.17, 15) is 4.79 Å². The molecular weight excluding hydrogens is 240 g/mol. The van der Waals surface area contributed by atoms with Crippen LogP contribution in [0.2, 0.25) is 0 Å². The van der Waals surface area contributed by atoms with E-state index < -0.39 is 5.91 Å². The van der Waals surface area contributed by atoms with E-state index in [1.165, 1.54) is 6.08 Å². The summed E-state index contributed by atoms with van der Waals surface area (Å²) in [5.41, 5.74) is 2.98. The van der Waals surface area contributed by atoms with Crippen molar-refractivity contribution < 1.29 is 4.79 Å². The number of nitrogens with one attached hydrogen (secondary N) is 1. The minimum atomic E-state index is -0.436. The molecule has 94 valence electrons. The van der Waals surface area contributed by atoms with Crippen LogP contribution in [0.3, 0.4) is 0 Å². The van der Waals surface area contributed by atoms with Crippen LogP contribution in [-0.4, -0.2) is 15.5 Å². The molecule has 0 saturated carbocycles. The lowest BCUT2D eigenvalue weighted by Crippen LogP contribution is -2.13. The number of hydrogen-bond acceptors (Lipinski definition) is 3. The standard InChI is InChI=1S/C14H12N4O/c1-18-9-12(11-4-6-16-7-5-11)8-13(18)2-3-14(19)17-10-15/h2-9H,1H3,(H,17,19)/b3-2+. The van der Waals surface area contributed by atoms with Crippen molar-refractivity contribution in [2.75, 3.05) is 0 Å². The number of nitriles is 1. The third kappa shape index (κ3) is 3.07. The molecule has 0 spiro atoms. The average molecular weight is 252 g/mol. The maximum absolute atomic E-state index is 11.2. The monoisotopic (exact) mass is 252 g/mol. The first-order valence-corrected chi connectivity index (χ1v) is 5.64. The Labute approximate surface area is 110 Å². The first kappa shape index (κ1) is 12.6. The van der Waals surface area contributed by atoms with Gasteiger partial charge in [0.1, 0.15) is 0 Å². The number of aromatic nitrogens is 2. The van der Waals surface area contributed by atoms with Crippen molar-refractivity contribution >= 4 is 12.0 Å². The van der Waals surface area contributed by atoms with Gasteiger partial charge in [-0.1, -0.05) is 0 Å². The number of amides is 1. The topological polar surface area (TPSA) is 70.7 Å². The van der Waals surface area contributed by atoms with Crippen molar-refractivity contribution in [3.63, 3.8) is 0 Å². The molecule has 0 aromatic carbocycles. The van der Waals surface area contributed by atoms with E-state index in [4.69, 9.17) is 5.26 Å². The van der Waals surface area contributed by atoms with Crippen LogP contribution in [0.1, 0.15) is 5.69 Å². The normalized spacial score (nSPS) is 10.3. The summed E-state index contributed by atoms with van der Waals surface area (Å²) >= 11 is 0. The molecule has 5 heteroatoms. The van der Waals surface area contributed by atoms with Gasteiger partial charge >= 0.3 is 0 Å². The molecule has 2 aromatic heterocycles. The first-order valence-electron chi connectivity index (χ1n) is 5.64. The smallest absolute Gasteiger partial charge is 0.257 e. The van der Waals surface area contributed by atoms with Crippen molar-refractivity contribution in [1.29, 1.82) is 5.26 Å². The van der Waals surface area contributed by atoms with Gasteiger partial charge in [0.05, 0.1) is 0 Å². The Balaban J connectivity index is 2.23. The zero-order valence-electron chi connectivity index (χ0n) is 10.4. The zero-order valence-corrected chi connectivity index (χ0v) is 10.4. The van der Waals surface area contributed by atoms with Gasteiger partial charge in [0.2, 0.25) is 0 Å². The lowest BCUT2D eigenvalue weighted by molar-refractivity contribution is -0.115. The molecule has 0 atom stereocenters. The summed E-state index contributed by atoms with van der Waals surface area (Å²) in [7, 11) is 1.90. The van der Waals surface area contributed by atoms with E-state index in [0.717, 1.165) is 16.8 Å². The summed E-state index contributed by atoms with van der Waals surface area (Å²) in [6.07, 6.45) is 10.0. The summed E-state index contributed by atoms with van der Waals surface area (Å²) < 4.78 is 1.91. The Hall–Kier alpha value is -2.87.